The molecule has 122 valence electrons. The smallest absolute Gasteiger partial charge is 0.304 e. The van der Waals surface area contributed by atoms with E-state index < -0.39 is 5.97 Å². The van der Waals surface area contributed by atoms with Gasteiger partial charge in [0.25, 0.3) is 0 Å². The number of hydrogen-bond donors (Lipinski definition) is 2. The normalized spacial score (nSPS) is 15.3. The molecule has 1 fully saturated rings. The Morgan fingerprint density at radius 1 is 1.41 bits per heavy atom. The average Bonchev–Trinajstić information content (AvgIpc) is 2.53. The van der Waals surface area contributed by atoms with Crippen molar-refractivity contribution < 1.29 is 14.3 Å². The average molecular weight is 309 g/mol. The van der Waals surface area contributed by atoms with Crippen LogP contribution < -0.4 is 10.2 Å². The summed E-state index contributed by atoms with van der Waals surface area (Å²) in [5.41, 5.74) is 1.66. The molecule has 0 unspecified atom stereocenters. The van der Waals surface area contributed by atoms with Gasteiger partial charge >= 0.3 is 5.97 Å². The van der Waals surface area contributed by atoms with Gasteiger partial charge in [-0.2, -0.15) is 0 Å². The number of nitrogens with one attached hydrogen (secondary N) is 1. The molecule has 1 saturated heterocycles. The fourth-order valence-electron chi connectivity index (χ4n) is 2.67. The van der Waals surface area contributed by atoms with E-state index in [2.05, 4.69) is 15.1 Å². The first-order valence-corrected chi connectivity index (χ1v) is 7.78. The minimum absolute atomic E-state index is 0.125. The molecule has 0 spiro atoms. The minimum Gasteiger partial charge on any atom is -0.481 e. The SMILES string of the molecule is CCN(CCC(=O)O)Cc1ccc(F)c(N2CCNCC2)c1. The lowest BCUT2D eigenvalue weighted by Crippen LogP contribution is -2.43. The van der Waals surface area contributed by atoms with Crippen LogP contribution in [0.1, 0.15) is 18.9 Å². The molecular formula is C16H24FN3O2. The molecule has 0 bridgehead atoms. The van der Waals surface area contributed by atoms with Crippen molar-refractivity contribution in [2.75, 3.05) is 44.2 Å². The largest absolute Gasteiger partial charge is 0.481 e. The summed E-state index contributed by atoms with van der Waals surface area (Å²) in [6, 6.07) is 5.19. The van der Waals surface area contributed by atoms with Crippen molar-refractivity contribution in [2.24, 2.45) is 0 Å². The third-order valence-corrected chi connectivity index (χ3v) is 3.96. The number of nitrogens with zero attached hydrogens (tertiary/aromatic N) is 2. The number of aliphatic carboxylic acids is 1. The highest BCUT2D eigenvalue weighted by atomic mass is 19.1. The second kappa shape index (κ2) is 8.10. The van der Waals surface area contributed by atoms with E-state index in [9.17, 15) is 9.18 Å². The number of halogens is 1. The molecule has 6 heteroatoms. The number of carbonyl (C=O) groups is 1. The first-order valence-electron chi connectivity index (χ1n) is 7.78. The molecular weight excluding hydrogens is 285 g/mol. The van der Waals surface area contributed by atoms with E-state index in [0.29, 0.717) is 18.8 Å². The Kier molecular flexibility index (Phi) is 6.15. The summed E-state index contributed by atoms with van der Waals surface area (Å²) < 4.78 is 14.1. The molecule has 1 aromatic rings. The third kappa shape index (κ3) is 4.68. The van der Waals surface area contributed by atoms with Crippen molar-refractivity contribution in [3.05, 3.63) is 29.6 Å². The van der Waals surface area contributed by atoms with Gasteiger partial charge in [-0.25, -0.2) is 4.39 Å². The Labute approximate surface area is 130 Å². The second-order valence-corrected chi connectivity index (χ2v) is 5.54. The van der Waals surface area contributed by atoms with Gasteiger partial charge in [0.2, 0.25) is 0 Å². The first kappa shape index (κ1) is 16.7. The van der Waals surface area contributed by atoms with Crippen LogP contribution >= 0.6 is 0 Å². The predicted octanol–water partition coefficient (Wildman–Crippen LogP) is 1.53. The molecule has 2 N–H and O–H groups in total. The number of rotatable bonds is 7. The fourth-order valence-corrected chi connectivity index (χ4v) is 2.67. The van der Waals surface area contributed by atoms with Gasteiger partial charge in [-0.15, -0.1) is 0 Å². The van der Waals surface area contributed by atoms with Crippen LogP contribution in [0.15, 0.2) is 18.2 Å². The van der Waals surface area contributed by atoms with E-state index in [1.807, 2.05) is 13.0 Å². The molecule has 22 heavy (non-hydrogen) atoms. The lowest BCUT2D eigenvalue weighted by Gasteiger charge is -2.30. The zero-order valence-corrected chi connectivity index (χ0v) is 13.0. The van der Waals surface area contributed by atoms with E-state index >= 15 is 0 Å². The molecule has 1 aromatic carbocycles. The number of hydrogen-bond acceptors (Lipinski definition) is 4. The lowest BCUT2D eigenvalue weighted by atomic mass is 10.1. The summed E-state index contributed by atoms with van der Waals surface area (Å²) in [4.78, 5) is 14.8. The van der Waals surface area contributed by atoms with Crippen molar-refractivity contribution >= 4 is 11.7 Å². The Bertz CT molecular complexity index is 504. The summed E-state index contributed by atoms with van der Waals surface area (Å²) in [5, 5.41) is 12.0. The third-order valence-electron chi connectivity index (χ3n) is 3.96. The van der Waals surface area contributed by atoms with Crippen LogP contribution in [-0.4, -0.2) is 55.2 Å². The van der Waals surface area contributed by atoms with Gasteiger partial charge in [0.05, 0.1) is 12.1 Å². The van der Waals surface area contributed by atoms with Gasteiger partial charge in [0.15, 0.2) is 0 Å². The Balaban J connectivity index is 2.05. The van der Waals surface area contributed by atoms with Crippen LogP contribution in [-0.2, 0) is 11.3 Å². The highest BCUT2D eigenvalue weighted by Crippen LogP contribution is 2.22. The van der Waals surface area contributed by atoms with Crippen molar-refractivity contribution in [2.45, 2.75) is 19.9 Å². The molecule has 0 amide bonds. The topological polar surface area (TPSA) is 55.8 Å². The zero-order valence-electron chi connectivity index (χ0n) is 13.0. The van der Waals surface area contributed by atoms with Crippen LogP contribution in [0.5, 0.6) is 0 Å². The van der Waals surface area contributed by atoms with Crippen LogP contribution in [0.25, 0.3) is 0 Å². The maximum atomic E-state index is 14.1. The zero-order chi connectivity index (χ0) is 15.9. The van der Waals surface area contributed by atoms with Gasteiger partial charge < -0.3 is 15.3 Å². The molecule has 0 aromatic heterocycles. The van der Waals surface area contributed by atoms with Gasteiger partial charge in [-0.3, -0.25) is 9.69 Å². The molecule has 0 atom stereocenters. The van der Waals surface area contributed by atoms with Crippen LogP contribution in [0, 0.1) is 5.82 Å². The summed E-state index contributed by atoms with van der Waals surface area (Å²) in [6.45, 7) is 7.26. The highest BCUT2D eigenvalue weighted by molar-refractivity contribution is 5.66. The summed E-state index contributed by atoms with van der Waals surface area (Å²) in [7, 11) is 0. The van der Waals surface area contributed by atoms with E-state index in [1.54, 1.807) is 6.07 Å². The van der Waals surface area contributed by atoms with Gasteiger partial charge in [-0.05, 0) is 24.2 Å². The van der Waals surface area contributed by atoms with E-state index in [0.717, 1.165) is 38.3 Å². The Hall–Kier alpha value is -1.66. The molecule has 5 nitrogen and oxygen atoms in total. The van der Waals surface area contributed by atoms with Gasteiger partial charge in [0.1, 0.15) is 5.82 Å². The molecule has 1 heterocycles. The molecule has 1 aliphatic rings. The number of piperazine rings is 1. The number of carboxylic acids is 1. The number of carboxylic acid groups (broad SMARTS) is 1. The van der Waals surface area contributed by atoms with E-state index in [1.165, 1.54) is 6.07 Å². The van der Waals surface area contributed by atoms with Gasteiger partial charge in [-0.1, -0.05) is 13.0 Å². The monoisotopic (exact) mass is 309 g/mol. The summed E-state index contributed by atoms with van der Waals surface area (Å²) in [6.07, 6.45) is 0.125. The Morgan fingerprint density at radius 2 is 2.14 bits per heavy atom. The Morgan fingerprint density at radius 3 is 2.77 bits per heavy atom. The maximum absolute atomic E-state index is 14.1. The quantitative estimate of drug-likeness (QED) is 0.800. The number of benzene rings is 1. The maximum Gasteiger partial charge on any atom is 0.304 e. The fraction of sp³-hybridized carbons (Fsp3) is 0.562. The van der Waals surface area contributed by atoms with Crippen molar-refractivity contribution in [1.82, 2.24) is 10.2 Å². The number of anilines is 1. The lowest BCUT2D eigenvalue weighted by molar-refractivity contribution is -0.137. The van der Waals surface area contributed by atoms with Crippen molar-refractivity contribution in [1.29, 1.82) is 0 Å². The van der Waals surface area contributed by atoms with Crippen molar-refractivity contribution in [3.8, 4) is 0 Å². The standard InChI is InChI=1S/C16H24FN3O2/c1-2-19(8-5-16(21)22)12-13-3-4-14(17)15(11-13)20-9-6-18-7-10-20/h3-4,11,18H,2,5-10,12H2,1H3,(H,21,22). The summed E-state index contributed by atoms with van der Waals surface area (Å²) >= 11 is 0. The van der Waals surface area contributed by atoms with Crippen LogP contribution in [0.2, 0.25) is 0 Å². The molecule has 1 aliphatic heterocycles. The second-order valence-electron chi connectivity index (χ2n) is 5.54. The van der Waals surface area contributed by atoms with E-state index in [-0.39, 0.29) is 12.2 Å². The van der Waals surface area contributed by atoms with Crippen molar-refractivity contribution in [3.63, 3.8) is 0 Å². The summed E-state index contributed by atoms with van der Waals surface area (Å²) in [5.74, 6) is -0.988. The molecule has 2 rings (SSSR count). The van der Waals surface area contributed by atoms with Crippen LogP contribution in [0.4, 0.5) is 10.1 Å². The molecule has 0 aliphatic carbocycles. The molecule has 0 radical (unpaired) electrons. The highest BCUT2D eigenvalue weighted by Gasteiger charge is 2.15. The first-order chi connectivity index (χ1) is 10.6. The van der Waals surface area contributed by atoms with E-state index in [4.69, 9.17) is 5.11 Å². The van der Waals surface area contributed by atoms with Gasteiger partial charge in [0, 0.05) is 39.3 Å². The minimum atomic E-state index is -0.793. The van der Waals surface area contributed by atoms with Crippen LogP contribution in [0.3, 0.4) is 0 Å². The predicted molar refractivity (Wildman–Crippen MR) is 84.7 cm³/mol. The molecule has 0 saturated carbocycles.